The molecule has 35 heavy (non-hydrogen) atoms. The quantitative estimate of drug-likeness (QED) is 0.313. The van der Waals surface area contributed by atoms with Crippen LogP contribution in [0, 0.1) is 0 Å². The maximum absolute atomic E-state index is 6.28. The first-order valence-corrected chi connectivity index (χ1v) is 12.0. The van der Waals surface area contributed by atoms with Gasteiger partial charge < -0.3 is 9.32 Å². The summed E-state index contributed by atoms with van der Waals surface area (Å²) >= 11 is 3.78. The average Bonchev–Trinajstić information content (AvgIpc) is 3.64. The van der Waals surface area contributed by atoms with E-state index in [1.165, 1.54) is 0 Å². The lowest BCUT2D eigenvalue weighted by molar-refractivity contribution is 0.630. The van der Waals surface area contributed by atoms with Crippen molar-refractivity contribution in [2.45, 2.75) is 19.9 Å². The van der Waals surface area contributed by atoms with Gasteiger partial charge in [-0.3, -0.25) is 0 Å². The molecule has 0 atom stereocenters. The molecule has 10 heteroatoms. The molecule has 4 heterocycles. The highest BCUT2D eigenvalue weighted by atomic mass is 79.9. The molecule has 6 rings (SSSR count). The van der Waals surface area contributed by atoms with Crippen molar-refractivity contribution in [2.75, 3.05) is 11.9 Å². The summed E-state index contributed by atoms with van der Waals surface area (Å²) < 4.78 is 9.04. The molecule has 4 aromatic heterocycles. The smallest absolute Gasteiger partial charge is 0.205 e. The van der Waals surface area contributed by atoms with Gasteiger partial charge in [0.25, 0.3) is 0 Å². The Morgan fingerprint density at radius 3 is 2.74 bits per heavy atom. The number of furan rings is 1. The summed E-state index contributed by atoms with van der Waals surface area (Å²) in [6, 6.07) is 18.1. The number of tetrazole rings is 1. The fraction of sp³-hybridized carbons (Fsp3) is 0.160. The van der Waals surface area contributed by atoms with Gasteiger partial charge in [-0.05, 0) is 45.3 Å². The number of H-pyrrole nitrogens is 1. The molecule has 0 aliphatic rings. The minimum atomic E-state index is 0.518. The van der Waals surface area contributed by atoms with Crippen LogP contribution in [-0.2, 0) is 13.0 Å². The number of nitrogens with zero attached hydrogens (tertiary/aromatic N) is 7. The van der Waals surface area contributed by atoms with Crippen LogP contribution in [0.5, 0.6) is 0 Å². The van der Waals surface area contributed by atoms with Gasteiger partial charge in [0.05, 0.1) is 10.7 Å². The lowest BCUT2D eigenvalue weighted by Crippen LogP contribution is -2.20. The van der Waals surface area contributed by atoms with E-state index in [1.807, 2.05) is 40.9 Å². The number of rotatable bonds is 6. The zero-order valence-electron chi connectivity index (χ0n) is 19.1. The zero-order valence-corrected chi connectivity index (χ0v) is 20.7. The number of aromatic nitrogens is 7. The third kappa shape index (κ3) is 3.75. The Hall–Kier alpha value is -4.05. The molecule has 6 aromatic rings. The highest BCUT2D eigenvalue weighted by Crippen LogP contribution is 2.41. The van der Waals surface area contributed by atoms with Gasteiger partial charge >= 0.3 is 0 Å². The molecule has 0 saturated heterocycles. The highest BCUT2D eigenvalue weighted by molar-refractivity contribution is 9.10. The number of benzene rings is 2. The van der Waals surface area contributed by atoms with Crippen LogP contribution in [0.1, 0.15) is 18.2 Å². The molecule has 1 N–H and O–H groups in total. The zero-order chi connectivity index (χ0) is 23.9. The highest BCUT2D eigenvalue weighted by Gasteiger charge is 2.20. The number of hydrogen-bond acceptors (Lipinski definition) is 7. The summed E-state index contributed by atoms with van der Waals surface area (Å²) in [4.78, 5) is 6.84. The van der Waals surface area contributed by atoms with E-state index in [-0.39, 0.29) is 0 Å². The fourth-order valence-corrected chi connectivity index (χ4v) is 4.90. The monoisotopic (exact) mass is 528 g/mol. The Morgan fingerprint density at radius 1 is 1.09 bits per heavy atom. The summed E-state index contributed by atoms with van der Waals surface area (Å²) in [6.07, 6.45) is 2.65. The molecule has 0 unspecified atom stereocenters. The van der Waals surface area contributed by atoms with E-state index in [1.54, 1.807) is 6.20 Å². The van der Waals surface area contributed by atoms with Crippen LogP contribution in [0.3, 0.4) is 0 Å². The van der Waals surface area contributed by atoms with Gasteiger partial charge in [0.15, 0.2) is 5.65 Å². The van der Waals surface area contributed by atoms with Crippen molar-refractivity contribution in [1.29, 1.82) is 0 Å². The standard InChI is InChI=1S/C25H21BrN8O/c1-3-16-13-22(34-21(28-16)10-11-27-34)33(2)14-15-8-9-20-19(12-15)23(26)24(35-20)17-6-4-5-7-18(17)25-29-31-32-30-25/h4-13H,3,14H2,1-2H3,(H,29,30,31,32). The Balaban J connectivity index is 1.37. The van der Waals surface area contributed by atoms with Gasteiger partial charge in [-0.1, -0.05) is 37.3 Å². The van der Waals surface area contributed by atoms with Crippen molar-refractivity contribution >= 4 is 38.4 Å². The molecule has 0 aliphatic heterocycles. The Bertz CT molecular complexity index is 1650. The minimum absolute atomic E-state index is 0.518. The molecule has 0 aliphatic carbocycles. The molecule has 174 valence electrons. The first kappa shape index (κ1) is 21.5. The van der Waals surface area contributed by atoms with Crippen molar-refractivity contribution < 1.29 is 4.42 Å². The van der Waals surface area contributed by atoms with Crippen LogP contribution in [0.2, 0.25) is 0 Å². The first-order chi connectivity index (χ1) is 17.1. The predicted molar refractivity (Wildman–Crippen MR) is 137 cm³/mol. The number of halogens is 1. The van der Waals surface area contributed by atoms with Gasteiger partial charge in [-0.25, -0.2) is 4.98 Å². The molecule has 0 radical (unpaired) electrons. The Morgan fingerprint density at radius 2 is 1.94 bits per heavy atom. The molecule has 0 spiro atoms. The van der Waals surface area contributed by atoms with E-state index >= 15 is 0 Å². The minimum Gasteiger partial charge on any atom is -0.455 e. The van der Waals surface area contributed by atoms with Gasteiger partial charge in [0.1, 0.15) is 17.2 Å². The predicted octanol–water partition coefficient (Wildman–Crippen LogP) is 5.28. The van der Waals surface area contributed by atoms with Gasteiger partial charge in [-0.15, -0.1) is 10.2 Å². The third-order valence-corrected chi connectivity index (χ3v) is 6.80. The molecule has 0 saturated carbocycles. The fourth-order valence-electron chi connectivity index (χ4n) is 4.29. The van der Waals surface area contributed by atoms with Crippen molar-refractivity contribution in [1.82, 2.24) is 35.2 Å². The van der Waals surface area contributed by atoms with E-state index in [0.717, 1.165) is 61.5 Å². The van der Waals surface area contributed by atoms with E-state index in [9.17, 15) is 0 Å². The topological polar surface area (TPSA) is 101 Å². The molecule has 0 bridgehead atoms. The normalized spacial score (nSPS) is 11.5. The summed E-state index contributed by atoms with van der Waals surface area (Å²) in [5.41, 5.74) is 5.57. The van der Waals surface area contributed by atoms with E-state index in [2.05, 4.69) is 83.7 Å². The van der Waals surface area contributed by atoms with Crippen LogP contribution in [0.15, 0.2) is 69.7 Å². The lowest BCUT2D eigenvalue weighted by Gasteiger charge is -2.21. The Labute approximate surface area is 208 Å². The maximum Gasteiger partial charge on any atom is 0.205 e. The second-order valence-corrected chi connectivity index (χ2v) is 9.07. The average molecular weight is 529 g/mol. The maximum atomic E-state index is 6.28. The number of anilines is 1. The molecule has 2 aromatic carbocycles. The van der Waals surface area contributed by atoms with Gasteiger partial charge in [-0.2, -0.15) is 14.8 Å². The van der Waals surface area contributed by atoms with Crippen LogP contribution in [-0.4, -0.2) is 42.3 Å². The van der Waals surface area contributed by atoms with Crippen molar-refractivity contribution in [3.8, 4) is 22.7 Å². The summed E-state index contributed by atoms with van der Waals surface area (Å²) in [6.45, 7) is 2.81. The summed E-state index contributed by atoms with van der Waals surface area (Å²) in [5, 5.41) is 20.0. The van der Waals surface area contributed by atoms with E-state index < -0.39 is 0 Å². The van der Waals surface area contributed by atoms with E-state index in [4.69, 9.17) is 4.42 Å². The molecule has 0 amide bonds. The molecular formula is C25H21BrN8O. The number of hydrogen-bond donors (Lipinski definition) is 1. The SMILES string of the molecule is CCc1cc(N(C)Cc2ccc3oc(-c4ccccc4-c4nn[nH]n4)c(Br)c3c2)n2nccc2n1. The summed E-state index contributed by atoms with van der Waals surface area (Å²) in [5.74, 6) is 2.24. The molecular weight excluding hydrogens is 508 g/mol. The number of fused-ring (bicyclic) bond motifs is 2. The third-order valence-electron chi connectivity index (χ3n) is 6.02. The molecule has 0 fully saturated rings. The Kier molecular flexibility index (Phi) is 5.29. The lowest BCUT2D eigenvalue weighted by atomic mass is 10.0. The number of aromatic amines is 1. The second kappa shape index (κ2) is 8.62. The number of nitrogens with one attached hydrogen (secondary N) is 1. The molecule has 9 nitrogen and oxygen atoms in total. The van der Waals surface area contributed by atoms with Crippen LogP contribution < -0.4 is 4.90 Å². The van der Waals surface area contributed by atoms with Gasteiger partial charge in [0.2, 0.25) is 5.82 Å². The number of aryl methyl sites for hydroxylation is 1. The largest absolute Gasteiger partial charge is 0.455 e. The summed E-state index contributed by atoms with van der Waals surface area (Å²) in [7, 11) is 2.07. The van der Waals surface area contributed by atoms with Crippen LogP contribution in [0.25, 0.3) is 39.3 Å². The van der Waals surface area contributed by atoms with Crippen molar-refractivity contribution in [3.63, 3.8) is 0 Å². The van der Waals surface area contributed by atoms with Crippen molar-refractivity contribution in [2.24, 2.45) is 0 Å². The van der Waals surface area contributed by atoms with E-state index in [0.29, 0.717) is 12.4 Å². The van der Waals surface area contributed by atoms with Gasteiger partial charge in [0, 0.05) is 47.9 Å². The second-order valence-electron chi connectivity index (χ2n) is 8.27. The van der Waals surface area contributed by atoms with Crippen LogP contribution >= 0.6 is 15.9 Å². The first-order valence-electron chi connectivity index (χ1n) is 11.2. The van der Waals surface area contributed by atoms with Crippen LogP contribution in [0.4, 0.5) is 5.82 Å². The van der Waals surface area contributed by atoms with Crippen molar-refractivity contribution in [3.05, 3.63) is 76.5 Å².